The molecule has 0 N–H and O–H groups in total. The van der Waals surface area contributed by atoms with Gasteiger partial charge in [0.25, 0.3) is 0 Å². The van der Waals surface area contributed by atoms with Crippen LogP contribution >= 0.6 is 0 Å². The largest absolute Gasteiger partial charge is 0.299 e. The van der Waals surface area contributed by atoms with E-state index in [1.807, 2.05) is 0 Å². The Bertz CT molecular complexity index is 469. The van der Waals surface area contributed by atoms with Crippen LogP contribution in [0.5, 0.6) is 0 Å². The molecule has 0 saturated heterocycles. The minimum atomic E-state index is 0. The molecule has 1 aromatic rings. The Morgan fingerprint density at radius 2 is 1.14 bits per heavy atom. The van der Waals surface area contributed by atoms with Crippen LogP contribution in [0.4, 0.5) is 4.70 Å². The lowest BCUT2D eigenvalue weighted by atomic mass is 10.0. The zero-order valence-electron chi connectivity index (χ0n) is 19.6. The van der Waals surface area contributed by atoms with Crippen LogP contribution in [0, 0.1) is 0 Å². The molecule has 1 nitrogen and oxygen atoms in total. The van der Waals surface area contributed by atoms with Crippen LogP contribution in [0.1, 0.15) is 115 Å². The Kier molecular flexibility index (Phi) is 19.3. The third-order valence-electron chi connectivity index (χ3n) is 5.74. The summed E-state index contributed by atoms with van der Waals surface area (Å²) in [6.07, 6.45) is 26.0. The average molecular weight is 406 g/mol. The highest BCUT2D eigenvalue weighted by Gasteiger charge is 2.08. The monoisotopic (exact) mass is 405 g/mol. The van der Waals surface area contributed by atoms with Gasteiger partial charge in [0.1, 0.15) is 0 Å². The van der Waals surface area contributed by atoms with E-state index < -0.39 is 0 Å². The zero-order chi connectivity index (χ0) is 20.3. The molecule has 0 heterocycles. The highest BCUT2D eigenvalue weighted by atomic mass is 19.0. The number of likely N-dealkylation sites (N-methyl/N-ethyl adjacent to an activating group) is 1. The lowest BCUT2D eigenvalue weighted by molar-refractivity contribution is 0.350. The number of halogens is 1. The van der Waals surface area contributed by atoms with Crippen LogP contribution in [0.15, 0.2) is 42.5 Å². The van der Waals surface area contributed by atoms with Gasteiger partial charge in [-0.15, -0.1) is 0 Å². The molecule has 168 valence electrons. The summed E-state index contributed by atoms with van der Waals surface area (Å²) >= 11 is 0. The fourth-order valence-electron chi connectivity index (χ4n) is 3.91. The van der Waals surface area contributed by atoms with E-state index in [-0.39, 0.29) is 4.70 Å². The molecule has 1 atom stereocenters. The minimum Gasteiger partial charge on any atom is -0.299 e. The number of hydrogen-bond acceptors (Lipinski definition) is 1. The summed E-state index contributed by atoms with van der Waals surface area (Å²) in [7, 11) is 4.32. The Morgan fingerprint density at radius 1 is 0.690 bits per heavy atom. The number of rotatable bonds is 18. The molecule has 0 aliphatic carbocycles. The lowest BCUT2D eigenvalue weighted by Gasteiger charge is -2.21. The first kappa shape index (κ1) is 27.8. The van der Waals surface area contributed by atoms with Crippen LogP contribution in [0.3, 0.4) is 0 Å². The van der Waals surface area contributed by atoms with Gasteiger partial charge in [0.15, 0.2) is 0 Å². The van der Waals surface area contributed by atoms with Crippen molar-refractivity contribution in [3.63, 3.8) is 0 Å². The third kappa shape index (κ3) is 15.4. The molecule has 0 aliphatic heterocycles. The first-order valence-corrected chi connectivity index (χ1v) is 12.1. The van der Waals surface area contributed by atoms with Crippen molar-refractivity contribution < 1.29 is 4.70 Å². The van der Waals surface area contributed by atoms with E-state index in [2.05, 4.69) is 68.4 Å². The molecular formula is C27H48FN. The van der Waals surface area contributed by atoms with Gasteiger partial charge in [-0.3, -0.25) is 9.60 Å². The zero-order valence-corrected chi connectivity index (χ0v) is 19.6. The van der Waals surface area contributed by atoms with E-state index in [4.69, 9.17) is 0 Å². The van der Waals surface area contributed by atoms with Crippen LogP contribution in [-0.2, 0) is 0 Å². The molecule has 0 bridgehead atoms. The highest BCUT2D eigenvalue weighted by Crippen LogP contribution is 2.20. The van der Waals surface area contributed by atoms with Crippen molar-refractivity contribution in [3.05, 3.63) is 48.0 Å². The molecule has 1 aromatic carbocycles. The SMILES string of the molecule is CCCCCCCCCCCCCCCCC=CC(c1ccccc1)N(C)C.F. The summed E-state index contributed by atoms with van der Waals surface area (Å²) < 4.78 is 0. The Labute approximate surface area is 181 Å². The quantitative estimate of drug-likeness (QED) is 0.174. The van der Waals surface area contributed by atoms with Crippen molar-refractivity contribution in [2.24, 2.45) is 0 Å². The van der Waals surface area contributed by atoms with Crippen LogP contribution < -0.4 is 0 Å². The molecule has 0 fully saturated rings. The topological polar surface area (TPSA) is 3.24 Å². The number of unbranched alkanes of at least 4 members (excludes halogenated alkanes) is 14. The Morgan fingerprint density at radius 3 is 1.59 bits per heavy atom. The van der Waals surface area contributed by atoms with Gasteiger partial charge < -0.3 is 0 Å². The second-order valence-corrected chi connectivity index (χ2v) is 8.63. The molecule has 0 amide bonds. The fraction of sp³-hybridized carbons (Fsp3) is 0.704. The molecule has 1 rings (SSSR count). The van der Waals surface area contributed by atoms with Gasteiger partial charge in [-0.25, -0.2) is 0 Å². The van der Waals surface area contributed by atoms with Crippen LogP contribution in [-0.4, -0.2) is 19.0 Å². The standard InChI is InChI=1S/C27H47N.FH/c1-4-5-6-7-8-9-10-11-12-13-14-15-16-17-18-22-25-27(28(2)3)26-23-20-19-21-24-26;/h19-25,27H,4-18H2,1-3H3;1H. The molecule has 0 saturated carbocycles. The summed E-state index contributed by atoms with van der Waals surface area (Å²) in [4.78, 5) is 2.29. The Hall–Kier alpha value is -1.15. The maximum absolute atomic E-state index is 2.39. The third-order valence-corrected chi connectivity index (χ3v) is 5.74. The normalized spacial score (nSPS) is 12.4. The second-order valence-electron chi connectivity index (χ2n) is 8.63. The Balaban J connectivity index is 0.00000784. The molecule has 29 heavy (non-hydrogen) atoms. The average Bonchev–Trinajstić information content (AvgIpc) is 2.70. The molecule has 0 spiro atoms. The van der Waals surface area contributed by atoms with Crippen molar-refractivity contribution >= 4 is 0 Å². The highest BCUT2D eigenvalue weighted by molar-refractivity contribution is 5.22. The van der Waals surface area contributed by atoms with Crippen molar-refractivity contribution in [2.45, 2.75) is 109 Å². The van der Waals surface area contributed by atoms with Gasteiger partial charge in [0.2, 0.25) is 0 Å². The van der Waals surface area contributed by atoms with Crippen molar-refractivity contribution in [1.29, 1.82) is 0 Å². The lowest BCUT2D eigenvalue weighted by Crippen LogP contribution is -2.17. The molecule has 2 heteroatoms. The van der Waals surface area contributed by atoms with Gasteiger partial charge in [-0.2, -0.15) is 0 Å². The first-order chi connectivity index (χ1) is 13.8. The van der Waals surface area contributed by atoms with E-state index in [9.17, 15) is 0 Å². The molecule has 0 radical (unpaired) electrons. The second kappa shape index (κ2) is 20.1. The van der Waals surface area contributed by atoms with Crippen molar-refractivity contribution in [1.82, 2.24) is 4.90 Å². The molecule has 0 aromatic heterocycles. The van der Waals surface area contributed by atoms with Gasteiger partial charge in [-0.1, -0.05) is 133 Å². The maximum atomic E-state index is 2.39. The predicted octanol–water partition coefficient (Wildman–Crippen LogP) is 8.87. The smallest absolute Gasteiger partial charge is 0.0526 e. The number of benzene rings is 1. The maximum Gasteiger partial charge on any atom is 0.0526 e. The summed E-state index contributed by atoms with van der Waals surface area (Å²) in [5.41, 5.74) is 1.38. The fourth-order valence-corrected chi connectivity index (χ4v) is 3.91. The summed E-state index contributed by atoms with van der Waals surface area (Å²) in [6, 6.07) is 11.2. The molecule has 1 unspecified atom stereocenters. The number of allylic oxidation sites excluding steroid dienone is 1. The molecule has 0 aliphatic rings. The summed E-state index contributed by atoms with van der Waals surface area (Å²) in [5.74, 6) is 0. The van der Waals surface area contributed by atoms with Crippen LogP contribution in [0.25, 0.3) is 0 Å². The van der Waals surface area contributed by atoms with Crippen molar-refractivity contribution in [3.8, 4) is 0 Å². The first-order valence-electron chi connectivity index (χ1n) is 12.1. The van der Waals surface area contributed by atoms with E-state index >= 15 is 0 Å². The van der Waals surface area contributed by atoms with Gasteiger partial charge in [-0.05, 0) is 32.5 Å². The number of hydrogen-bond donors (Lipinski definition) is 0. The van der Waals surface area contributed by atoms with E-state index in [0.717, 1.165) is 0 Å². The van der Waals surface area contributed by atoms with Crippen LogP contribution in [0.2, 0.25) is 0 Å². The van der Waals surface area contributed by atoms with Gasteiger partial charge in [0, 0.05) is 0 Å². The van der Waals surface area contributed by atoms with E-state index in [0.29, 0.717) is 6.04 Å². The van der Waals surface area contributed by atoms with E-state index in [1.165, 1.54) is 102 Å². The molecular weight excluding hydrogens is 357 g/mol. The minimum absolute atomic E-state index is 0. The van der Waals surface area contributed by atoms with E-state index in [1.54, 1.807) is 0 Å². The summed E-state index contributed by atoms with van der Waals surface area (Å²) in [6.45, 7) is 2.29. The van der Waals surface area contributed by atoms with Gasteiger partial charge in [0.05, 0.1) is 6.04 Å². The predicted molar refractivity (Wildman–Crippen MR) is 129 cm³/mol. The van der Waals surface area contributed by atoms with Crippen molar-refractivity contribution in [2.75, 3.05) is 14.1 Å². The summed E-state index contributed by atoms with van der Waals surface area (Å²) in [5, 5.41) is 0. The number of nitrogens with zero attached hydrogens (tertiary/aromatic N) is 1. The van der Waals surface area contributed by atoms with Gasteiger partial charge >= 0.3 is 0 Å².